The highest BCUT2D eigenvalue weighted by molar-refractivity contribution is 7.86. The van der Waals surface area contributed by atoms with Crippen molar-refractivity contribution in [1.82, 2.24) is 0 Å². The Morgan fingerprint density at radius 2 is 1.82 bits per heavy atom. The summed E-state index contributed by atoms with van der Waals surface area (Å²) in [6, 6.07) is 14.8. The third-order valence-corrected chi connectivity index (χ3v) is 3.83. The Hall–Kier alpha value is -1.32. The molecule has 1 N–H and O–H groups in total. The summed E-state index contributed by atoms with van der Waals surface area (Å²) in [5.41, 5.74) is 1.75. The topological polar surface area (TPSA) is 29.1 Å². The summed E-state index contributed by atoms with van der Waals surface area (Å²) in [7, 11) is -1.26. The van der Waals surface area contributed by atoms with E-state index < -0.39 is 11.0 Å². The quantitative estimate of drug-likeness (QED) is 0.899. The van der Waals surface area contributed by atoms with Crippen LogP contribution in [0.4, 0.5) is 5.69 Å². The first-order chi connectivity index (χ1) is 8.16. The highest BCUT2D eigenvalue weighted by Gasteiger charge is 2.07. The van der Waals surface area contributed by atoms with Crippen LogP contribution in [0.5, 0.6) is 0 Å². The first kappa shape index (κ1) is 12.1. The van der Waals surface area contributed by atoms with Crippen molar-refractivity contribution in [3.63, 3.8) is 0 Å². The van der Waals surface area contributed by atoms with Crippen molar-refractivity contribution in [2.75, 3.05) is 4.72 Å². The fraction of sp³-hybridized carbons (Fsp3) is 0.0769. The summed E-state index contributed by atoms with van der Waals surface area (Å²) < 4.78 is 15.1. The number of nitrogens with one attached hydrogen (secondary N) is 1. The summed E-state index contributed by atoms with van der Waals surface area (Å²) >= 11 is 5.86. The van der Waals surface area contributed by atoms with E-state index in [1.807, 2.05) is 43.3 Å². The zero-order valence-corrected chi connectivity index (χ0v) is 10.9. The van der Waals surface area contributed by atoms with Gasteiger partial charge < -0.3 is 4.72 Å². The Balaban J connectivity index is 2.21. The van der Waals surface area contributed by atoms with E-state index in [1.165, 1.54) is 0 Å². The minimum atomic E-state index is -1.26. The van der Waals surface area contributed by atoms with Crippen LogP contribution in [0.1, 0.15) is 5.56 Å². The first-order valence-corrected chi connectivity index (χ1v) is 6.69. The van der Waals surface area contributed by atoms with E-state index in [9.17, 15) is 4.21 Å². The van der Waals surface area contributed by atoms with Crippen LogP contribution >= 0.6 is 11.6 Å². The molecule has 17 heavy (non-hydrogen) atoms. The number of aryl methyl sites for hydroxylation is 1. The molecule has 0 spiro atoms. The van der Waals surface area contributed by atoms with Crippen molar-refractivity contribution >= 4 is 28.3 Å². The maximum atomic E-state index is 12.1. The van der Waals surface area contributed by atoms with E-state index in [4.69, 9.17) is 11.6 Å². The Kier molecular flexibility index (Phi) is 3.82. The molecule has 4 heteroatoms. The predicted octanol–water partition coefficient (Wildman–Crippen LogP) is 3.78. The lowest BCUT2D eigenvalue weighted by atomic mass is 10.2. The van der Waals surface area contributed by atoms with Crippen molar-refractivity contribution in [2.45, 2.75) is 11.8 Å². The highest BCUT2D eigenvalue weighted by Crippen LogP contribution is 2.19. The maximum Gasteiger partial charge on any atom is 0.150 e. The smallest absolute Gasteiger partial charge is 0.150 e. The lowest BCUT2D eigenvalue weighted by Gasteiger charge is -2.08. The van der Waals surface area contributed by atoms with Gasteiger partial charge in [-0.1, -0.05) is 29.8 Å². The highest BCUT2D eigenvalue weighted by atomic mass is 35.5. The SMILES string of the molecule is Cc1cc(Cl)ccc1S(=O)Nc1ccccc1. The summed E-state index contributed by atoms with van der Waals surface area (Å²) in [5.74, 6) is 0. The van der Waals surface area contributed by atoms with Crippen LogP contribution in [0.2, 0.25) is 5.02 Å². The number of hydrogen-bond donors (Lipinski definition) is 1. The first-order valence-electron chi connectivity index (χ1n) is 5.16. The van der Waals surface area contributed by atoms with E-state index in [0.717, 1.165) is 16.1 Å². The van der Waals surface area contributed by atoms with Crippen LogP contribution in [-0.4, -0.2) is 4.21 Å². The van der Waals surface area contributed by atoms with E-state index in [1.54, 1.807) is 12.1 Å². The number of halogens is 1. The minimum absolute atomic E-state index is 0.656. The normalized spacial score (nSPS) is 12.1. The Morgan fingerprint density at radius 1 is 1.12 bits per heavy atom. The summed E-state index contributed by atoms with van der Waals surface area (Å²) in [4.78, 5) is 0.748. The van der Waals surface area contributed by atoms with Crippen LogP contribution in [0, 0.1) is 6.92 Å². The zero-order valence-electron chi connectivity index (χ0n) is 9.31. The molecule has 0 bridgehead atoms. The van der Waals surface area contributed by atoms with Gasteiger partial charge in [-0.3, -0.25) is 0 Å². The van der Waals surface area contributed by atoms with E-state index in [0.29, 0.717) is 5.02 Å². The molecule has 2 nitrogen and oxygen atoms in total. The van der Waals surface area contributed by atoms with Gasteiger partial charge in [0.05, 0.1) is 4.90 Å². The van der Waals surface area contributed by atoms with E-state index in [-0.39, 0.29) is 0 Å². The lowest BCUT2D eigenvalue weighted by molar-refractivity contribution is 0.686. The standard InChI is InChI=1S/C13H12ClNOS/c1-10-9-11(14)7-8-13(10)17(16)15-12-5-3-2-4-6-12/h2-9,15H,1H3. The molecule has 88 valence electrons. The summed E-state index contributed by atoms with van der Waals surface area (Å²) in [6.45, 7) is 1.89. The second kappa shape index (κ2) is 5.34. The molecular formula is C13H12ClNOS. The number of para-hydroxylation sites is 1. The molecule has 2 rings (SSSR count). The van der Waals surface area contributed by atoms with Gasteiger partial charge in [-0.2, -0.15) is 0 Å². The zero-order chi connectivity index (χ0) is 12.3. The van der Waals surface area contributed by atoms with Gasteiger partial charge in [0.15, 0.2) is 11.0 Å². The van der Waals surface area contributed by atoms with Crippen molar-refractivity contribution in [1.29, 1.82) is 0 Å². The van der Waals surface area contributed by atoms with Crippen molar-refractivity contribution in [3.8, 4) is 0 Å². The molecule has 0 saturated carbocycles. The number of hydrogen-bond acceptors (Lipinski definition) is 1. The molecule has 0 aliphatic rings. The van der Waals surface area contributed by atoms with Crippen molar-refractivity contribution in [2.24, 2.45) is 0 Å². The Morgan fingerprint density at radius 3 is 2.47 bits per heavy atom. The third kappa shape index (κ3) is 3.08. The number of anilines is 1. The average Bonchev–Trinajstić information content (AvgIpc) is 2.30. The van der Waals surface area contributed by atoms with Gasteiger partial charge in [0, 0.05) is 10.7 Å². The molecule has 1 atom stereocenters. The lowest BCUT2D eigenvalue weighted by Crippen LogP contribution is -2.06. The van der Waals surface area contributed by atoms with Gasteiger partial charge in [-0.25, -0.2) is 4.21 Å². The van der Waals surface area contributed by atoms with Gasteiger partial charge in [-0.05, 0) is 42.8 Å². The molecule has 0 aliphatic heterocycles. The maximum absolute atomic E-state index is 12.1. The van der Waals surface area contributed by atoms with Gasteiger partial charge in [0.1, 0.15) is 0 Å². The Bertz CT molecular complexity index is 542. The van der Waals surface area contributed by atoms with E-state index >= 15 is 0 Å². The van der Waals surface area contributed by atoms with Crippen LogP contribution < -0.4 is 4.72 Å². The molecule has 0 radical (unpaired) electrons. The molecule has 0 saturated heterocycles. The fourth-order valence-corrected chi connectivity index (χ4v) is 2.72. The number of rotatable bonds is 3. The molecular weight excluding hydrogens is 254 g/mol. The fourth-order valence-electron chi connectivity index (χ4n) is 1.49. The molecule has 0 fully saturated rings. The second-order valence-electron chi connectivity index (χ2n) is 3.65. The molecule has 0 aliphatic carbocycles. The summed E-state index contributed by atoms with van der Waals surface area (Å²) in [6.07, 6.45) is 0. The molecule has 2 aromatic rings. The van der Waals surface area contributed by atoms with Crippen LogP contribution in [0.15, 0.2) is 53.4 Å². The second-order valence-corrected chi connectivity index (χ2v) is 5.26. The molecule has 2 aromatic carbocycles. The Labute approximate surface area is 108 Å². The summed E-state index contributed by atoms with van der Waals surface area (Å²) in [5, 5.41) is 0.656. The van der Waals surface area contributed by atoms with Gasteiger partial charge in [-0.15, -0.1) is 0 Å². The van der Waals surface area contributed by atoms with E-state index in [2.05, 4.69) is 4.72 Å². The molecule has 1 unspecified atom stereocenters. The van der Waals surface area contributed by atoms with Crippen LogP contribution in [0.3, 0.4) is 0 Å². The number of benzene rings is 2. The van der Waals surface area contributed by atoms with Crippen molar-refractivity contribution < 1.29 is 4.21 Å². The van der Waals surface area contributed by atoms with Crippen LogP contribution in [-0.2, 0) is 11.0 Å². The molecule has 0 heterocycles. The monoisotopic (exact) mass is 265 g/mol. The van der Waals surface area contributed by atoms with Crippen molar-refractivity contribution in [3.05, 3.63) is 59.1 Å². The van der Waals surface area contributed by atoms with Gasteiger partial charge in [0.25, 0.3) is 0 Å². The average molecular weight is 266 g/mol. The van der Waals surface area contributed by atoms with Gasteiger partial charge in [0.2, 0.25) is 0 Å². The molecule has 0 aromatic heterocycles. The minimum Gasteiger partial charge on any atom is -0.301 e. The van der Waals surface area contributed by atoms with Crippen LogP contribution in [0.25, 0.3) is 0 Å². The van der Waals surface area contributed by atoms with Gasteiger partial charge >= 0.3 is 0 Å². The predicted molar refractivity (Wildman–Crippen MR) is 72.7 cm³/mol. The molecule has 0 amide bonds. The largest absolute Gasteiger partial charge is 0.301 e. The third-order valence-electron chi connectivity index (χ3n) is 2.32.